The van der Waals surface area contributed by atoms with E-state index in [0.717, 1.165) is 11.3 Å². The third kappa shape index (κ3) is 9.23. The third-order valence-electron chi connectivity index (χ3n) is 3.87. The average molecular weight is 540 g/mol. The summed E-state index contributed by atoms with van der Waals surface area (Å²) < 4.78 is 46.2. The molecule has 168 valence electrons. The molecule has 0 saturated heterocycles. The van der Waals surface area contributed by atoms with Gasteiger partial charge in [-0.15, -0.1) is 37.1 Å². The van der Waals surface area contributed by atoms with Crippen molar-refractivity contribution in [1.82, 2.24) is 15.6 Å². The van der Waals surface area contributed by atoms with Crippen LogP contribution >= 0.6 is 24.0 Å². The molecule has 2 N–H and O–H groups in total. The number of aromatic nitrogens is 1. The van der Waals surface area contributed by atoms with Crippen LogP contribution in [-0.4, -0.2) is 30.4 Å². The van der Waals surface area contributed by atoms with Gasteiger partial charge in [-0.2, -0.15) is 0 Å². The van der Waals surface area contributed by atoms with Crippen molar-refractivity contribution in [3.05, 3.63) is 47.7 Å². The summed E-state index contributed by atoms with van der Waals surface area (Å²) in [7, 11) is 0. The van der Waals surface area contributed by atoms with E-state index < -0.39 is 6.36 Å². The normalized spacial score (nSPS) is 12.3. The van der Waals surface area contributed by atoms with Crippen LogP contribution in [0.4, 0.5) is 13.2 Å². The van der Waals surface area contributed by atoms with E-state index in [-0.39, 0.29) is 35.1 Å². The molecule has 10 heteroatoms. The second kappa shape index (κ2) is 11.4. The van der Waals surface area contributed by atoms with Gasteiger partial charge in [0.15, 0.2) is 5.96 Å². The van der Waals surface area contributed by atoms with E-state index in [1.165, 1.54) is 12.1 Å². The van der Waals surface area contributed by atoms with Gasteiger partial charge in [0.2, 0.25) is 5.89 Å². The second-order valence-corrected chi connectivity index (χ2v) is 7.43. The lowest BCUT2D eigenvalue weighted by Gasteiger charge is -2.13. The molecule has 0 bridgehead atoms. The van der Waals surface area contributed by atoms with Crippen molar-refractivity contribution in [2.24, 2.45) is 4.99 Å². The molecule has 1 aromatic heterocycles. The number of nitrogens with zero attached hydrogens (tertiary/aromatic N) is 2. The van der Waals surface area contributed by atoms with Crippen LogP contribution in [0.5, 0.6) is 5.75 Å². The van der Waals surface area contributed by atoms with E-state index in [1.807, 2.05) is 27.7 Å². The molecule has 0 aliphatic carbocycles. The van der Waals surface area contributed by atoms with E-state index in [9.17, 15) is 13.2 Å². The van der Waals surface area contributed by atoms with Gasteiger partial charge in [-0.1, -0.05) is 32.9 Å². The molecule has 6 nitrogen and oxygen atoms in total. The monoisotopic (exact) mass is 540 g/mol. The Morgan fingerprint density at radius 3 is 2.33 bits per heavy atom. The number of hydrogen-bond acceptors (Lipinski definition) is 4. The highest BCUT2D eigenvalue weighted by atomic mass is 127. The van der Waals surface area contributed by atoms with Crippen molar-refractivity contribution in [2.75, 3.05) is 13.1 Å². The number of aliphatic imine (C=N–C) groups is 1. The van der Waals surface area contributed by atoms with Gasteiger partial charge >= 0.3 is 6.36 Å². The minimum atomic E-state index is -4.68. The zero-order chi connectivity index (χ0) is 21.5. The molecule has 0 amide bonds. The zero-order valence-electron chi connectivity index (χ0n) is 17.5. The Kier molecular flexibility index (Phi) is 9.92. The molecule has 0 fully saturated rings. The summed E-state index contributed by atoms with van der Waals surface area (Å²) >= 11 is 0. The van der Waals surface area contributed by atoms with Crippen molar-refractivity contribution in [3.63, 3.8) is 0 Å². The first-order valence-corrected chi connectivity index (χ1v) is 9.39. The summed E-state index contributed by atoms with van der Waals surface area (Å²) in [6, 6.07) is 5.82. The molecular formula is C20H28F3IN4O2. The molecular weight excluding hydrogens is 512 g/mol. The van der Waals surface area contributed by atoms with Crippen molar-refractivity contribution >= 4 is 29.9 Å². The Hall–Kier alpha value is -1.98. The fourth-order valence-corrected chi connectivity index (χ4v) is 2.40. The Bertz CT molecular complexity index is 800. The van der Waals surface area contributed by atoms with Gasteiger partial charge in [-0.05, 0) is 31.0 Å². The Balaban J connectivity index is 0.00000450. The fourth-order valence-electron chi connectivity index (χ4n) is 2.40. The lowest BCUT2D eigenvalue weighted by Crippen LogP contribution is -2.38. The third-order valence-corrected chi connectivity index (χ3v) is 3.87. The summed E-state index contributed by atoms with van der Waals surface area (Å²) in [5, 5.41) is 6.32. The summed E-state index contributed by atoms with van der Waals surface area (Å²) in [5.41, 5.74) is 0.767. The van der Waals surface area contributed by atoms with E-state index in [1.54, 1.807) is 18.3 Å². The van der Waals surface area contributed by atoms with Crippen LogP contribution in [0.15, 0.2) is 39.9 Å². The largest absolute Gasteiger partial charge is 0.573 e. The number of nitrogens with one attached hydrogen (secondary N) is 2. The van der Waals surface area contributed by atoms with E-state index in [4.69, 9.17) is 4.42 Å². The minimum absolute atomic E-state index is 0. The quantitative estimate of drug-likeness (QED) is 0.301. The molecule has 0 atom stereocenters. The first-order chi connectivity index (χ1) is 13.6. The van der Waals surface area contributed by atoms with Crippen LogP contribution < -0.4 is 15.4 Å². The van der Waals surface area contributed by atoms with Crippen molar-refractivity contribution in [3.8, 4) is 5.75 Å². The van der Waals surface area contributed by atoms with Crippen LogP contribution in [0, 0.1) is 0 Å². The number of halogens is 4. The Morgan fingerprint density at radius 2 is 1.80 bits per heavy atom. The van der Waals surface area contributed by atoms with Crippen molar-refractivity contribution < 1.29 is 22.3 Å². The van der Waals surface area contributed by atoms with E-state index >= 15 is 0 Å². The molecule has 0 aliphatic rings. The van der Waals surface area contributed by atoms with E-state index in [0.29, 0.717) is 37.9 Å². The Morgan fingerprint density at radius 1 is 1.13 bits per heavy atom. The molecule has 0 spiro atoms. The lowest BCUT2D eigenvalue weighted by atomic mass is 9.94. The number of oxazole rings is 1. The second-order valence-electron chi connectivity index (χ2n) is 7.43. The highest BCUT2D eigenvalue weighted by Gasteiger charge is 2.30. The molecule has 1 heterocycles. The number of benzene rings is 1. The van der Waals surface area contributed by atoms with Gasteiger partial charge in [-0.25, -0.2) is 9.98 Å². The van der Waals surface area contributed by atoms with Gasteiger partial charge in [-0.3, -0.25) is 0 Å². The lowest BCUT2D eigenvalue weighted by molar-refractivity contribution is -0.274. The topological polar surface area (TPSA) is 71.7 Å². The molecule has 2 rings (SSSR count). The van der Waals surface area contributed by atoms with Gasteiger partial charge in [0.05, 0.1) is 6.20 Å². The molecule has 30 heavy (non-hydrogen) atoms. The highest BCUT2D eigenvalue weighted by molar-refractivity contribution is 14.0. The van der Waals surface area contributed by atoms with Gasteiger partial charge in [0, 0.05) is 18.5 Å². The highest BCUT2D eigenvalue weighted by Crippen LogP contribution is 2.23. The summed E-state index contributed by atoms with van der Waals surface area (Å²) in [6.07, 6.45) is -2.35. The van der Waals surface area contributed by atoms with Crippen LogP contribution in [0.2, 0.25) is 0 Å². The SMILES string of the molecule is CCNC(=NCc1ncc(C(C)(C)C)o1)NCCc1ccc(OC(F)(F)F)cc1.I. The molecule has 0 saturated carbocycles. The van der Waals surface area contributed by atoms with Crippen LogP contribution in [0.3, 0.4) is 0 Å². The number of guanidine groups is 1. The summed E-state index contributed by atoms with van der Waals surface area (Å²) in [6.45, 7) is 9.66. The van der Waals surface area contributed by atoms with Crippen LogP contribution in [-0.2, 0) is 18.4 Å². The fraction of sp³-hybridized carbons (Fsp3) is 0.500. The Labute approximate surface area is 191 Å². The zero-order valence-corrected chi connectivity index (χ0v) is 19.8. The average Bonchev–Trinajstić information content (AvgIpc) is 3.09. The predicted octanol–water partition coefficient (Wildman–Crippen LogP) is 4.79. The van der Waals surface area contributed by atoms with Gasteiger partial charge in [0.25, 0.3) is 0 Å². The standard InChI is InChI=1S/C20H27F3N4O2.HI/c1-5-24-18(27-13-17-26-12-16(28-17)19(2,3)4)25-11-10-14-6-8-15(9-7-14)29-20(21,22)23;/h6-9,12H,5,10-11,13H2,1-4H3,(H2,24,25,27);1H. The molecule has 0 aliphatic heterocycles. The first kappa shape index (κ1) is 26.1. The smallest absolute Gasteiger partial charge is 0.443 e. The van der Waals surface area contributed by atoms with Crippen LogP contribution in [0.25, 0.3) is 0 Å². The molecule has 0 unspecified atom stereocenters. The summed E-state index contributed by atoms with van der Waals surface area (Å²) in [5.74, 6) is 1.72. The van der Waals surface area contributed by atoms with Crippen molar-refractivity contribution in [2.45, 2.75) is 52.4 Å². The van der Waals surface area contributed by atoms with Gasteiger partial charge in [0.1, 0.15) is 18.1 Å². The summed E-state index contributed by atoms with van der Waals surface area (Å²) in [4.78, 5) is 8.71. The molecule has 1 aromatic carbocycles. The maximum Gasteiger partial charge on any atom is 0.573 e. The number of ether oxygens (including phenoxy) is 1. The first-order valence-electron chi connectivity index (χ1n) is 9.39. The minimum Gasteiger partial charge on any atom is -0.443 e. The predicted molar refractivity (Wildman–Crippen MR) is 120 cm³/mol. The molecule has 0 radical (unpaired) electrons. The van der Waals surface area contributed by atoms with Crippen molar-refractivity contribution in [1.29, 1.82) is 0 Å². The van der Waals surface area contributed by atoms with Crippen LogP contribution in [0.1, 0.15) is 44.9 Å². The number of hydrogen-bond donors (Lipinski definition) is 2. The van der Waals surface area contributed by atoms with Gasteiger partial charge < -0.3 is 19.8 Å². The van der Waals surface area contributed by atoms with E-state index in [2.05, 4.69) is 25.3 Å². The molecule has 2 aromatic rings. The number of alkyl halides is 3. The number of rotatable bonds is 7. The maximum atomic E-state index is 12.2. The maximum absolute atomic E-state index is 12.2.